The monoisotopic (exact) mass is 572 g/mol. The largest absolute Gasteiger partial charge is 0.492 e. The number of para-hydroxylation sites is 1. The second-order valence-electron chi connectivity index (χ2n) is 11.2. The molecular weight excluding hydrogens is 528 g/mol. The van der Waals surface area contributed by atoms with Gasteiger partial charge in [0.2, 0.25) is 17.7 Å². The van der Waals surface area contributed by atoms with Crippen molar-refractivity contribution in [2.24, 2.45) is 5.92 Å². The number of ether oxygens (including phenoxy) is 1. The maximum absolute atomic E-state index is 13.6. The van der Waals surface area contributed by atoms with Crippen molar-refractivity contribution < 1.29 is 19.1 Å². The predicted octanol–water partition coefficient (Wildman–Crippen LogP) is 3.86. The van der Waals surface area contributed by atoms with E-state index >= 15 is 0 Å². The van der Waals surface area contributed by atoms with E-state index in [1.165, 1.54) is 4.90 Å². The van der Waals surface area contributed by atoms with Crippen LogP contribution in [0.25, 0.3) is 10.8 Å². The zero-order valence-electron chi connectivity index (χ0n) is 25.2. The number of hydrogen-bond acceptors (Lipinski definition) is 5. The van der Waals surface area contributed by atoms with Crippen molar-refractivity contribution in [3.8, 4) is 5.75 Å². The molecule has 3 amide bonds. The minimum atomic E-state index is -0.799. The molecule has 0 radical (unpaired) electrons. The fourth-order valence-corrected chi connectivity index (χ4v) is 5.39. The third kappa shape index (κ3) is 7.68. The molecule has 0 bridgehead atoms. The minimum absolute atomic E-state index is 0.0537. The number of aryl methyl sites for hydroxylation is 1. The van der Waals surface area contributed by atoms with Crippen LogP contribution >= 0.6 is 0 Å². The summed E-state index contributed by atoms with van der Waals surface area (Å²) < 4.78 is 6.10. The molecule has 0 aromatic heterocycles. The molecular formula is C34H44N4O4. The summed E-state index contributed by atoms with van der Waals surface area (Å²) in [6.45, 7) is 7.13. The van der Waals surface area contributed by atoms with Gasteiger partial charge in [-0.05, 0) is 53.6 Å². The molecule has 1 heterocycles. The maximum atomic E-state index is 13.6. The SMILES string of the molecule is CC[C@H](C)[C@@H]1NCCOc2ccccc2CCCNC(=O)[C@@H](Cc2cccc3ccccc23)NC(=O)[C@@H](C)N(C)C1=O. The smallest absolute Gasteiger partial charge is 0.243 e. The fraction of sp³-hybridized carbons (Fsp3) is 0.441. The molecule has 0 aliphatic carbocycles. The van der Waals surface area contributed by atoms with Crippen molar-refractivity contribution in [1.29, 1.82) is 0 Å². The van der Waals surface area contributed by atoms with Gasteiger partial charge in [-0.3, -0.25) is 14.4 Å². The van der Waals surface area contributed by atoms with Crippen molar-refractivity contribution in [2.75, 3.05) is 26.7 Å². The van der Waals surface area contributed by atoms with Crippen molar-refractivity contribution >= 4 is 28.5 Å². The first-order valence-corrected chi connectivity index (χ1v) is 15.1. The summed E-state index contributed by atoms with van der Waals surface area (Å²) in [5, 5.41) is 11.5. The zero-order chi connectivity index (χ0) is 30.1. The zero-order valence-corrected chi connectivity index (χ0v) is 25.2. The Labute approximate surface area is 249 Å². The summed E-state index contributed by atoms with van der Waals surface area (Å²) in [5.74, 6) is 0.0846. The van der Waals surface area contributed by atoms with Crippen LogP contribution in [0.3, 0.4) is 0 Å². The highest BCUT2D eigenvalue weighted by atomic mass is 16.5. The van der Waals surface area contributed by atoms with Crippen LogP contribution in [0.15, 0.2) is 66.7 Å². The number of carbonyl (C=O) groups excluding carboxylic acids is 3. The van der Waals surface area contributed by atoms with E-state index in [4.69, 9.17) is 4.74 Å². The molecule has 0 fully saturated rings. The van der Waals surface area contributed by atoms with E-state index in [9.17, 15) is 14.4 Å². The fourth-order valence-electron chi connectivity index (χ4n) is 5.39. The minimum Gasteiger partial charge on any atom is -0.492 e. The van der Waals surface area contributed by atoms with Gasteiger partial charge in [0.05, 0.1) is 6.04 Å². The van der Waals surface area contributed by atoms with Gasteiger partial charge in [-0.2, -0.15) is 0 Å². The lowest BCUT2D eigenvalue weighted by Crippen LogP contribution is -2.57. The molecule has 0 saturated heterocycles. The standard InChI is InChI=1S/C34H44N4O4/c1-5-23(2)31-34(41)38(4)24(3)32(39)37-29(22-27-15-10-14-25-12-6-8-17-28(25)27)33(40)36-19-11-16-26-13-7-9-18-30(26)42-21-20-35-31/h6-10,12-15,17-18,23-24,29,31,35H,5,11,16,19-22H2,1-4H3,(H,36,40)(H,37,39)/t23-,24+,29+,31-/m0/s1. The average molecular weight is 573 g/mol. The van der Waals surface area contributed by atoms with Crippen LogP contribution in [-0.2, 0) is 27.2 Å². The summed E-state index contributed by atoms with van der Waals surface area (Å²) in [6, 6.07) is 19.9. The molecule has 3 aromatic rings. The number of fused-ring (bicyclic) bond motifs is 2. The first kappa shape index (κ1) is 31.0. The number of nitrogens with one attached hydrogen (secondary N) is 3. The number of amides is 3. The summed E-state index contributed by atoms with van der Waals surface area (Å²) in [5.41, 5.74) is 2.04. The second-order valence-corrected chi connectivity index (χ2v) is 11.2. The van der Waals surface area contributed by atoms with Gasteiger partial charge in [-0.1, -0.05) is 80.9 Å². The van der Waals surface area contributed by atoms with Gasteiger partial charge in [0.1, 0.15) is 24.4 Å². The van der Waals surface area contributed by atoms with Crippen molar-refractivity contribution in [2.45, 2.75) is 64.6 Å². The number of rotatable bonds is 4. The molecule has 224 valence electrons. The molecule has 8 heteroatoms. The highest BCUT2D eigenvalue weighted by molar-refractivity contribution is 5.93. The van der Waals surface area contributed by atoms with Crippen molar-refractivity contribution in [3.63, 3.8) is 0 Å². The van der Waals surface area contributed by atoms with Crippen LogP contribution in [-0.4, -0.2) is 67.5 Å². The van der Waals surface area contributed by atoms with Crippen LogP contribution in [0, 0.1) is 5.92 Å². The molecule has 1 aliphatic rings. The Morgan fingerprint density at radius 1 is 0.952 bits per heavy atom. The molecule has 4 atom stereocenters. The maximum Gasteiger partial charge on any atom is 0.243 e. The summed E-state index contributed by atoms with van der Waals surface area (Å²) >= 11 is 0. The lowest BCUT2D eigenvalue weighted by Gasteiger charge is -2.32. The quantitative estimate of drug-likeness (QED) is 0.441. The van der Waals surface area contributed by atoms with Crippen LogP contribution in [0.2, 0.25) is 0 Å². The van der Waals surface area contributed by atoms with Gasteiger partial charge in [-0.15, -0.1) is 0 Å². The first-order valence-electron chi connectivity index (χ1n) is 15.1. The Balaban J connectivity index is 1.61. The van der Waals surface area contributed by atoms with Crippen molar-refractivity contribution in [3.05, 3.63) is 77.9 Å². The molecule has 0 unspecified atom stereocenters. The molecule has 0 spiro atoms. The number of nitrogens with zero attached hydrogens (tertiary/aromatic N) is 1. The van der Waals surface area contributed by atoms with E-state index in [-0.39, 0.29) is 23.6 Å². The Morgan fingerprint density at radius 3 is 2.50 bits per heavy atom. The third-order valence-electron chi connectivity index (χ3n) is 8.34. The van der Waals surface area contributed by atoms with Gasteiger partial charge >= 0.3 is 0 Å². The van der Waals surface area contributed by atoms with E-state index in [2.05, 4.69) is 16.0 Å². The van der Waals surface area contributed by atoms with Gasteiger partial charge in [0.15, 0.2) is 0 Å². The molecule has 42 heavy (non-hydrogen) atoms. The Morgan fingerprint density at radius 2 is 1.69 bits per heavy atom. The van der Waals surface area contributed by atoms with Gasteiger partial charge in [-0.25, -0.2) is 0 Å². The summed E-state index contributed by atoms with van der Waals surface area (Å²) in [7, 11) is 1.65. The lowest BCUT2D eigenvalue weighted by atomic mass is 9.97. The summed E-state index contributed by atoms with van der Waals surface area (Å²) in [6.07, 6.45) is 2.59. The second kappa shape index (κ2) is 14.8. The number of hydrogen-bond donors (Lipinski definition) is 3. The average Bonchev–Trinajstić information content (AvgIpc) is 3.01. The van der Waals surface area contributed by atoms with E-state index < -0.39 is 18.1 Å². The Bertz CT molecular complexity index is 1370. The van der Waals surface area contributed by atoms with Gasteiger partial charge in [0.25, 0.3) is 0 Å². The lowest BCUT2D eigenvalue weighted by molar-refractivity contribution is -0.141. The van der Waals surface area contributed by atoms with E-state index in [0.29, 0.717) is 26.1 Å². The predicted molar refractivity (Wildman–Crippen MR) is 166 cm³/mol. The Kier molecular flexibility index (Phi) is 11.0. The van der Waals surface area contributed by atoms with Gasteiger partial charge < -0.3 is 25.6 Å². The molecule has 1 aliphatic heterocycles. The number of likely N-dealkylation sites (N-methyl/N-ethyl adjacent to an activating group) is 1. The van der Waals surface area contributed by atoms with E-state index in [0.717, 1.165) is 46.9 Å². The Hall–Kier alpha value is -3.91. The van der Waals surface area contributed by atoms with Crippen LogP contribution in [0.1, 0.15) is 44.7 Å². The highest BCUT2D eigenvalue weighted by Gasteiger charge is 2.33. The summed E-state index contributed by atoms with van der Waals surface area (Å²) in [4.78, 5) is 42.2. The highest BCUT2D eigenvalue weighted by Crippen LogP contribution is 2.21. The normalized spacial score (nSPS) is 22.2. The molecule has 0 saturated carbocycles. The molecule has 4 rings (SSSR count). The van der Waals surface area contributed by atoms with E-state index in [1.807, 2.05) is 80.6 Å². The first-order chi connectivity index (χ1) is 20.3. The number of carbonyl (C=O) groups is 3. The van der Waals surface area contributed by atoms with Crippen LogP contribution in [0.4, 0.5) is 0 Å². The van der Waals surface area contributed by atoms with Crippen molar-refractivity contribution in [1.82, 2.24) is 20.9 Å². The molecule has 3 N–H and O–H groups in total. The third-order valence-corrected chi connectivity index (χ3v) is 8.34. The van der Waals surface area contributed by atoms with Crippen LogP contribution < -0.4 is 20.7 Å². The number of benzene rings is 3. The van der Waals surface area contributed by atoms with Crippen LogP contribution in [0.5, 0.6) is 5.75 Å². The van der Waals surface area contributed by atoms with E-state index in [1.54, 1.807) is 14.0 Å². The topological polar surface area (TPSA) is 99.8 Å². The van der Waals surface area contributed by atoms with Gasteiger partial charge in [0, 0.05) is 26.6 Å². The molecule has 8 nitrogen and oxygen atoms in total. The molecule has 3 aromatic carbocycles.